The summed E-state index contributed by atoms with van der Waals surface area (Å²) < 4.78 is 5.13. The van der Waals surface area contributed by atoms with Gasteiger partial charge < -0.3 is 19.5 Å². The van der Waals surface area contributed by atoms with Crippen molar-refractivity contribution in [2.45, 2.75) is 26.2 Å². The number of furan rings is 1. The molecule has 1 saturated heterocycles. The van der Waals surface area contributed by atoms with Crippen molar-refractivity contribution in [1.29, 1.82) is 0 Å². The van der Waals surface area contributed by atoms with Crippen molar-refractivity contribution in [3.63, 3.8) is 0 Å². The van der Waals surface area contributed by atoms with Crippen LogP contribution in [0, 0.1) is 0 Å². The zero-order chi connectivity index (χ0) is 20.1. The molecule has 148 valence electrons. The van der Waals surface area contributed by atoms with E-state index in [0.29, 0.717) is 43.5 Å². The van der Waals surface area contributed by atoms with Crippen molar-refractivity contribution in [3.8, 4) is 0 Å². The van der Waals surface area contributed by atoms with E-state index in [1.54, 1.807) is 21.9 Å². The van der Waals surface area contributed by atoms with Crippen LogP contribution in [0.15, 0.2) is 47.1 Å². The van der Waals surface area contributed by atoms with Crippen molar-refractivity contribution in [2.24, 2.45) is 0 Å². The van der Waals surface area contributed by atoms with Crippen molar-refractivity contribution in [2.75, 3.05) is 31.5 Å². The highest BCUT2D eigenvalue weighted by molar-refractivity contribution is 6.03. The Morgan fingerprint density at radius 3 is 2.21 bits per heavy atom. The SMILES string of the molecule is CC(C)c1ccc(NC(=O)CC(=O)N2CCN(C(=O)c3ccco3)CC2)cc1. The van der Waals surface area contributed by atoms with Gasteiger partial charge in [-0.15, -0.1) is 0 Å². The predicted molar refractivity (Wildman–Crippen MR) is 105 cm³/mol. The molecule has 0 unspecified atom stereocenters. The Morgan fingerprint density at radius 2 is 1.64 bits per heavy atom. The number of carbonyl (C=O) groups is 3. The second-order valence-corrected chi connectivity index (χ2v) is 7.15. The number of nitrogens with zero attached hydrogens (tertiary/aromatic N) is 2. The molecule has 2 heterocycles. The molecule has 1 aliphatic heterocycles. The van der Waals surface area contributed by atoms with E-state index < -0.39 is 0 Å². The van der Waals surface area contributed by atoms with Crippen LogP contribution in [0.2, 0.25) is 0 Å². The summed E-state index contributed by atoms with van der Waals surface area (Å²) in [5.41, 5.74) is 1.87. The van der Waals surface area contributed by atoms with E-state index in [-0.39, 0.29) is 24.1 Å². The van der Waals surface area contributed by atoms with Crippen LogP contribution >= 0.6 is 0 Å². The Kier molecular flexibility index (Phi) is 6.13. The van der Waals surface area contributed by atoms with Crippen LogP contribution in [0.25, 0.3) is 0 Å². The monoisotopic (exact) mass is 383 g/mol. The first-order valence-electron chi connectivity index (χ1n) is 9.44. The molecule has 2 aromatic rings. The first-order chi connectivity index (χ1) is 13.4. The Bertz CT molecular complexity index is 820. The fourth-order valence-electron chi connectivity index (χ4n) is 3.12. The molecule has 0 spiro atoms. The van der Waals surface area contributed by atoms with Gasteiger partial charge in [0, 0.05) is 31.9 Å². The standard InChI is InChI=1S/C21H25N3O4/c1-15(2)16-5-7-17(8-6-16)22-19(25)14-20(26)23-9-11-24(12-10-23)21(27)18-4-3-13-28-18/h3-8,13,15H,9-12,14H2,1-2H3,(H,22,25). The topological polar surface area (TPSA) is 82.9 Å². The Balaban J connectivity index is 1.46. The van der Waals surface area contributed by atoms with Crippen LogP contribution in [-0.4, -0.2) is 53.7 Å². The molecule has 1 N–H and O–H groups in total. The number of anilines is 1. The van der Waals surface area contributed by atoms with Crippen molar-refractivity contribution < 1.29 is 18.8 Å². The Hall–Kier alpha value is -3.09. The van der Waals surface area contributed by atoms with Gasteiger partial charge in [0.2, 0.25) is 11.8 Å². The summed E-state index contributed by atoms with van der Waals surface area (Å²) in [5, 5.41) is 2.76. The molecule has 1 fully saturated rings. The highest BCUT2D eigenvalue weighted by Gasteiger charge is 2.26. The largest absolute Gasteiger partial charge is 0.459 e. The molecular formula is C21H25N3O4. The number of rotatable bonds is 5. The summed E-state index contributed by atoms with van der Waals surface area (Å²) in [4.78, 5) is 40.1. The minimum Gasteiger partial charge on any atom is -0.459 e. The first kappa shape index (κ1) is 19.7. The molecule has 0 radical (unpaired) electrons. The van der Waals surface area contributed by atoms with Crippen LogP contribution in [0.4, 0.5) is 5.69 Å². The van der Waals surface area contributed by atoms with Gasteiger partial charge in [0.1, 0.15) is 6.42 Å². The third-order valence-electron chi connectivity index (χ3n) is 4.82. The molecule has 1 aromatic heterocycles. The molecule has 0 bridgehead atoms. The molecule has 1 aromatic carbocycles. The average molecular weight is 383 g/mol. The fraction of sp³-hybridized carbons (Fsp3) is 0.381. The lowest BCUT2D eigenvalue weighted by atomic mass is 10.0. The third kappa shape index (κ3) is 4.79. The molecule has 7 heteroatoms. The number of hydrogen-bond donors (Lipinski definition) is 1. The van der Waals surface area contributed by atoms with Crippen LogP contribution in [-0.2, 0) is 9.59 Å². The summed E-state index contributed by atoms with van der Waals surface area (Å²) >= 11 is 0. The van der Waals surface area contributed by atoms with Gasteiger partial charge in [0.05, 0.1) is 6.26 Å². The number of nitrogens with one attached hydrogen (secondary N) is 1. The van der Waals surface area contributed by atoms with Crippen molar-refractivity contribution in [3.05, 3.63) is 54.0 Å². The van der Waals surface area contributed by atoms with Gasteiger partial charge in [-0.05, 0) is 35.7 Å². The molecule has 3 rings (SSSR count). The molecule has 7 nitrogen and oxygen atoms in total. The molecule has 1 aliphatic rings. The maximum absolute atomic E-state index is 12.4. The molecule has 0 aliphatic carbocycles. The average Bonchev–Trinajstić information content (AvgIpc) is 3.22. The number of hydrogen-bond acceptors (Lipinski definition) is 4. The lowest BCUT2D eigenvalue weighted by Crippen LogP contribution is -2.51. The summed E-state index contributed by atoms with van der Waals surface area (Å²) in [7, 11) is 0. The third-order valence-corrected chi connectivity index (χ3v) is 4.82. The van der Waals surface area contributed by atoms with E-state index in [1.165, 1.54) is 11.8 Å². The highest BCUT2D eigenvalue weighted by Crippen LogP contribution is 2.17. The minimum atomic E-state index is -0.337. The molecular weight excluding hydrogens is 358 g/mol. The summed E-state index contributed by atoms with van der Waals surface area (Å²) in [6.07, 6.45) is 1.25. The summed E-state index contributed by atoms with van der Waals surface area (Å²) in [6.45, 7) is 5.86. The second kappa shape index (κ2) is 8.73. The molecule has 0 atom stereocenters. The Labute approximate surface area is 164 Å². The maximum atomic E-state index is 12.4. The van der Waals surface area contributed by atoms with Gasteiger partial charge in [-0.1, -0.05) is 26.0 Å². The quantitative estimate of drug-likeness (QED) is 0.805. The van der Waals surface area contributed by atoms with E-state index in [9.17, 15) is 14.4 Å². The van der Waals surface area contributed by atoms with Crippen LogP contribution in [0.5, 0.6) is 0 Å². The number of piperazine rings is 1. The number of benzene rings is 1. The normalized spacial score (nSPS) is 14.2. The number of amides is 3. The van der Waals surface area contributed by atoms with E-state index in [4.69, 9.17) is 4.42 Å². The molecule has 3 amide bonds. The summed E-state index contributed by atoms with van der Waals surface area (Å²) in [5.74, 6) is -0.0372. The zero-order valence-corrected chi connectivity index (χ0v) is 16.2. The van der Waals surface area contributed by atoms with Gasteiger partial charge in [0.15, 0.2) is 5.76 Å². The van der Waals surface area contributed by atoms with E-state index in [2.05, 4.69) is 19.2 Å². The lowest BCUT2D eigenvalue weighted by molar-refractivity contribution is -0.135. The van der Waals surface area contributed by atoms with Crippen LogP contribution < -0.4 is 5.32 Å². The van der Waals surface area contributed by atoms with Crippen molar-refractivity contribution in [1.82, 2.24) is 9.80 Å². The van der Waals surface area contributed by atoms with Gasteiger partial charge in [-0.2, -0.15) is 0 Å². The highest BCUT2D eigenvalue weighted by atomic mass is 16.3. The van der Waals surface area contributed by atoms with Gasteiger partial charge in [-0.25, -0.2) is 0 Å². The van der Waals surface area contributed by atoms with E-state index >= 15 is 0 Å². The minimum absolute atomic E-state index is 0.181. The zero-order valence-electron chi connectivity index (χ0n) is 16.2. The van der Waals surface area contributed by atoms with Gasteiger partial charge >= 0.3 is 0 Å². The van der Waals surface area contributed by atoms with Gasteiger partial charge in [-0.3, -0.25) is 14.4 Å². The van der Waals surface area contributed by atoms with Crippen LogP contribution in [0.3, 0.4) is 0 Å². The second-order valence-electron chi connectivity index (χ2n) is 7.15. The number of carbonyl (C=O) groups excluding carboxylic acids is 3. The molecule has 28 heavy (non-hydrogen) atoms. The predicted octanol–water partition coefficient (Wildman–Crippen LogP) is 2.72. The first-order valence-corrected chi connectivity index (χ1v) is 9.44. The van der Waals surface area contributed by atoms with E-state index in [1.807, 2.05) is 24.3 Å². The summed E-state index contributed by atoms with van der Waals surface area (Å²) in [6, 6.07) is 10.9. The van der Waals surface area contributed by atoms with Crippen molar-refractivity contribution >= 4 is 23.4 Å². The maximum Gasteiger partial charge on any atom is 0.289 e. The molecule has 0 saturated carbocycles. The van der Waals surface area contributed by atoms with E-state index in [0.717, 1.165) is 0 Å². The smallest absolute Gasteiger partial charge is 0.289 e. The van der Waals surface area contributed by atoms with Crippen LogP contribution in [0.1, 0.15) is 42.3 Å². The fourth-order valence-corrected chi connectivity index (χ4v) is 3.12. The Morgan fingerprint density at radius 1 is 1.00 bits per heavy atom. The van der Waals surface area contributed by atoms with Gasteiger partial charge in [0.25, 0.3) is 5.91 Å². The lowest BCUT2D eigenvalue weighted by Gasteiger charge is -2.34.